The van der Waals surface area contributed by atoms with Gasteiger partial charge in [0.05, 0.1) is 6.10 Å². The zero-order valence-electron chi connectivity index (χ0n) is 12.9. The zero-order chi connectivity index (χ0) is 15.7. The van der Waals surface area contributed by atoms with Crippen molar-refractivity contribution in [2.75, 3.05) is 0 Å². The Morgan fingerprint density at radius 1 is 1.10 bits per heavy atom. The highest BCUT2D eigenvalue weighted by Crippen LogP contribution is 2.33. The van der Waals surface area contributed by atoms with Crippen LogP contribution in [0.15, 0.2) is 22.2 Å². The van der Waals surface area contributed by atoms with Crippen molar-refractivity contribution in [2.45, 2.75) is 50.8 Å². The molecule has 3 nitrogen and oxygen atoms in total. The number of aliphatic hydroxyl groups is 1. The standard InChI is InChI=1S/C16H19FN2OS/c1-8-6-15(13(12(5)20)7-14(8)17)21-16-18-10(3)9(2)11(4)19-16/h6-7,12,20H,1-5H3. The molecule has 112 valence electrons. The molecule has 21 heavy (non-hydrogen) atoms. The predicted octanol–water partition coefficient (Wildman–Crippen LogP) is 4.05. The van der Waals surface area contributed by atoms with Crippen molar-refractivity contribution in [3.05, 3.63) is 46.0 Å². The Bertz CT molecular complexity index is 663. The van der Waals surface area contributed by atoms with E-state index in [2.05, 4.69) is 9.97 Å². The Balaban J connectivity index is 2.46. The summed E-state index contributed by atoms with van der Waals surface area (Å²) in [6.45, 7) is 9.21. The van der Waals surface area contributed by atoms with Crippen LogP contribution in [0.3, 0.4) is 0 Å². The van der Waals surface area contributed by atoms with E-state index in [-0.39, 0.29) is 5.82 Å². The summed E-state index contributed by atoms with van der Waals surface area (Å²) in [5.74, 6) is -0.313. The number of hydrogen-bond donors (Lipinski definition) is 1. The Kier molecular flexibility index (Phi) is 4.64. The highest BCUT2D eigenvalue weighted by atomic mass is 32.2. The molecule has 1 N–H and O–H groups in total. The van der Waals surface area contributed by atoms with Crippen LogP contribution in [0.25, 0.3) is 0 Å². The highest BCUT2D eigenvalue weighted by Gasteiger charge is 2.15. The first-order valence-corrected chi connectivity index (χ1v) is 7.59. The van der Waals surface area contributed by atoms with Gasteiger partial charge < -0.3 is 5.11 Å². The molecule has 0 saturated carbocycles. The Morgan fingerprint density at radius 3 is 2.19 bits per heavy atom. The Labute approximate surface area is 128 Å². The molecule has 5 heteroatoms. The maximum atomic E-state index is 13.7. The first-order chi connectivity index (χ1) is 9.79. The van der Waals surface area contributed by atoms with Crippen LogP contribution in [-0.4, -0.2) is 15.1 Å². The lowest BCUT2D eigenvalue weighted by molar-refractivity contribution is 0.196. The van der Waals surface area contributed by atoms with Gasteiger partial charge >= 0.3 is 0 Å². The number of rotatable bonds is 3. The van der Waals surface area contributed by atoms with Crippen LogP contribution >= 0.6 is 11.8 Å². The van der Waals surface area contributed by atoms with Crippen molar-refractivity contribution < 1.29 is 9.50 Å². The monoisotopic (exact) mass is 306 g/mol. The third-order valence-corrected chi connectivity index (χ3v) is 4.49. The molecular formula is C16H19FN2OS. The third kappa shape index (κ3) is 3.41. The van der Waals surface area contributed by atoms with Crippen LogP contribution < -0.4 is 0 Å². The molecule has 2 aromatic rings. The predicted molar refractivity (Wildman–Crippen MR) is 82.1 cm³/mol. The summed E-state index contributed by atoms with van der Waals surface area (Å²) < 4.78 is 13.7. The fraction of sp³-hybridized carbons (Fsp3) is 0.375. The van der Waals surface area contributed by atoms with Gasteiger partial charge in [0.1, 0.15) is 5.82 Å². The lowest BCUT2D eigenvalue weighted by Crippen LogP contribution is -2.01. The third-order valence-electron chi connectivity index (χ3n) is 3.55. The first-order valence-electron chi connectivity index (χ1n) is 6.77. The molecule has 0 fully saturated rings. The average Bonchev–Trinajstić information content (AvgIpc) is 2.39. The molecule has 0 aliphatic rings. The molecule has 0 saturated heterocycles. The Hall–Kier alpha value is -1.46. The maximum Gasteiger partial charge on any atom is 0.192 e. The van der Waals surface area contributed by atoms with Gasteiger partial charge in [0.2, 0.25) is 0 Å². The molecular weight excluding hydrogens is 287 g/mol. The van der Waals surface area contributed by atoms with E-state index in [9.17, 15) is 9.50 Å². The molecule has 0 amide bonds. The number of aliphatic hydroxyl groups excluding tert-OH is 1. The van der Waals surface area contributed by atoms with Gasteiger partial charge in [-0.3, -0.25) is 0 Å². The van der Waals surface area contributed by atoms with Crippen LogP contribution in [0.1, 0.15) is 41.1 Å². The quantitative estimate of drug-likeness (QED) is 0.869. The smallest absolute Gasteiger partial charge is 0.192 e. The Morgan fingerprint density at radius 2 is 1.67 bits per heavy atom. The van der Waals surface area contributed by atoms with Crippen LogP contribution in [0.4, 0.5) is 4.39 Å². The molecule has 2 rings (SSSR count). The minimum absolute atomic E-state index is 0.313. The van der Waals surface area contributed by atoms with Crippen LogP contribution in [-0.2, 0) is 0 Å². The summed E-state index contributed by atoms with van der Waals surface area (Å²) in [5.41, 5.74) is 4.04. The van der Waals surface area contributed by atoms with Crippen molar-refractivity contribution in [3.8, 4) is 0 Å². The van der Waals surface area contributed by atoms with Crippen molar-refractivity contribution in [1.29, 1.82) is 0 Å². The van der Waals surface area contributed by atoms with Crippen molar-refractivity contribution in [2.24, 2.45) is 0 Å². The molecule has 0 aliphatic carbocycles. The first kappa shape index (κ1) is 15.9. The van der Waals surface area contributed by atoms with Gasteiger partial charge in [-0.25, -0.2) is 14.4 Å². The second-order valence-corrected chi connectivity index (χ2v) is 6.23. The number of benzene rings is 1. The van der Waals surface area contributed by atoms with Crippen molar-refractivity contribution in [3.63, 3.8) is 0 Å². The van der Waals surface area contributed by atoms with Gasteiger partial charge in [-0.2, -0.15) is 0 Å². The molecule has 0 bridgehead atoms. The topological polar surface area (TPSA) is 46.0 Å². The molecule has 1 unspecified atom stereocenters. The molecule has 1 aromatic heterocycles. The van der Waals surface area contributed by atoms with Crippen molar-refractivity contribution >= 4 is 11.8 Å². The maximum absolute atomic E-state index is 13.7. The summed E-state index contributed by atoms with van der Waals surface area (Å²) in [5, 5.41) is 10.4. The van der Waals surface area contributed by atoms with E-state index in [0.29, 0.717) is 16.3 Å². The minimum atomic E-state index is -0.741. The van der Waals surface area contributed by atoms with Crippen molar-refractivity contribution in [1.82, 2.24) is 9.97 Å². The van der Waals surface area contributed by atoms with E-state index in [0.717, 1.165) is 21.8 Å². The summed E-state index contributed by atoms with van der Waals surface area (Å²) >= 11 is 1.35. The minimum Gasteiger partial charge on any atom is -0.389 e. The van der Waals surface area contributed by atoms with E-state index in [4.69, 9.17) is 0 Å². The lowest BCUT2D eigenvalue weighted by Gasteiger charge is -2.13. The number of aryl methyl sites for hydroxylation is 3. The molecule has 1 heterocycles. The van der Waals surface area contributed by atoms with Gasteiger partial charge in [-0.15, -0.1) is 0 Å². The van der Waals surface area contributed by atoms with Gasteiger partial charge in [-0.05, 0) is 75.2 Å². The lowest BCUT2D eigenvalue weighted by atomic mass is 10.1. The fourth-order valence-corrected chi connectivity index (χ4v) is 3.12. The SMILES string of the molecule is Cc1cc(Sc2nc(C)c(C)c(C)n2)c(C(C)O)cc1F. The largest absolute Gasteiger partial charge is 0.389 e. The van der Waals surface area contributed by atoms with Crippen LogP contribution in [0.5, 0.6) is 0 Å². The second kappa shape index (κ2) is 6.12. The van der Waals surface area contributed by atoms with E-state index < -0.39 is 6.10 Å². The van der Waals surface area contributed by atoms with Gasteiger partial charge in [0.15, 0.2) is 5.16 Å². The van der Waals surface area contributed by atoms with E-state index in [1.165, 1.54) is 17.8 Å². The summed E-state index contributed by atoms with van der Waals surface area (Å²) in [4.78, 5) is 9.70. The zero-order valence-corrected chi connectivity index (χ0v) is 13.7. The number of aromatic nitrogens is 2. The normalized spacial score (nSPS) is 12.5. The molecule has 0 radical (unpaired) electrons. The van der Waals surface area contributed by atoms with E-state index >= 15 is 0 Å². The summed E-state index contributed by atoms with van der Waals surface area (Å²) in [6, 6.07) is 3.12. The van der Waals surface area contributed by atoms with E-state index in [1.54, 1.807) is 19.9 Å². The number of nitrogens with zero attached hydrogens (tertiary/aromatic N) is 2. The number of halogens is 1. The fourth-order valence-electron chi connectivity index (χ4n) is 1.97. The van der Waals surface area contributed by atoms with Gasteiger partial charge in [-0.1, -0.05) is 0 Å². The number of hydrogen-bond acceptors (Lipinski definition) is 4. The van der Waals surface area contributed by atoms with Crippen LogP contribution in [0.2, 0.25) is 0 Å². The average molecular weight is 306 g/mol. The highest BCUT2D eigenvalue weighted by molar-refractivity contribution is 7.99. The molecule has 0 spiro atoms. The van der Waals surface area contributed by atoms with Gasteiger partial charge in [0, 0.05) is 16.3 Å². The summed E-state index contributed by atoms with van der Waals surface area (Å²) in [7, 11) is 0. The molecule has 0 aliphatic heterocycles. The second-order valence-electron chi connectivity index (χ2n) is 5.22. The molecule has 1 aromatic carbocycles. The van der Waals surface area contributed by atoms with Gasteiger partial charge in [0.25, 0.3) is 0 Å². The molecule has 1 atom stereocenters. The van der Waals surface area contributed by atoms with Crippen LogP contribution in [0, 0.1) is 33.5 Å². The summed E-state index contributed by atoms with van der Waals surface area (Å²) in [6.07, 6.45) is -0.741. The van der Waals surface area contributed by atoms with E-state index in [1.807, 2.05) is 20.8 Å².